The minimum Gasteiger partial charge on any atom is -0.313 e. The third-order valence-corrected chi connectivity index (χ3v) is 4.04. The molecule has 0 amide bonds. The molecule has 1 fully saturated rings. The summed E-state index contributed by atoms with van der Waals surface area (Å²) in [6.07, 6.45) is -0.967. The molecule has 1 aliphatic carbocycles. The minimum absolute atomic E-state index is 0.277. The van der Waals surface area contributed by atoms with Gasteiger partial charge < -0.3 is 10.2 Å². The maximum Gasteiger partial charge on any atom is 0.391 e. The van der Waals surface area contributed by atoms with Gasteiger partial charge in [0.2, 0.25) is 0 Å². The SMILES string of the molecule is CCCN(CC)CCNC1CCC(C(F)(F)F)CC1. The molecule has 0 saturated heterocycles. The van der Waals surface area contributed by atoms with E-state index in [9.17, 15) is 13.2 Å². The van der Waals surface area contributed by atoms with Crippen molar-refractivity contribution in [2.45, 2.75) is 58.2 Å². The third-order valence-electron chi connectivity index (χ3n) is 4.04. The van der Waals surface area contributed by atoms with Crippen molar-refractivity contribution >= 4 is 0 Å². The van der Waals surface area contributed by atoms with Crippen LogP contribution in [0.2, 0.25) is 0 Å². The van der Waals surface area contributed by atoms with E-state index in [0.717, 1.165) is 32.6 Å². The standard InChI is InChI=1S/C14H27F3N2/c1-3-10-19(4-2)11-9-18-13-7-5-12(6-8-13)14(15,16)17/h12-13,18H,3-11H2,1-2H3. The fourth-order valence-corrected chi connectivity index (χ4v) is 2.80. The molecule has 0 aliphatic heterocycles. The number of hydrogen-bond donors (Lipinski definition) is 1. The molecule has 0 bridgehead atoms. The molecule has 0 radical (unpaired) electrons. The average Bonchev–Trinajstić information content (AvgIpc) is 2.37. The van der Waals surface area contributed by atoms with E-state index in [1.54, 1.807) is 0 Å². The van der Waals surface area contributed by atoms with Gasteiger partial charge in [-0.05, 0) is 45.2 Å². The first-order valence-corrected chi connectivity index (χ1v) is 7.49. The van der Waals surface area contributed by atoms with Crippen molar-refractivity contribution in [2.75, 3.05) is 26.2 Å². The van der Waals surface area contributed by atoms with Gasteiger partial charge in [0.25, 0.3) is 0 Å². The quantitative estimate of drug-likeness (QED) is 0.768. The van der Waals surface area contributed by atoms with Gasteiger partial charge in [-0.15, -0.1) is 0 Å². The fraction of sp³-hybridized carbons (Fsp3) is 1.00. The van der Waals surface area contributed by atoms with Gasteiger partial charge in [0.1, 0.15) is 0 Å². The van der Waals surface area contributed by atoms with Gasteiger partial charge in [-0.3, -0.25) is 0 Å². The Bertz CT molecular complexity index is 235. The van der Waals surface area contributed by atoms with Crippen molar-refractivity contribution in [1.29, 1.82) is 0 Å². The van der Waals surface area contributed by atoms with Crippen LogP contribution in [0.25, 0.3) is 0 Å². The number of alkyl halides is 3. The lowest BCUT2D eigenvalue weighted by molar-refractivity contribution is -0.182. The van der Waals surface area contributed by atoms with E-state index >= 15 is 0 Å². The summed E-state index contributed by atoms with van der Waals surface area (Å²) in [5, 5.41) is 3.41. The molecule has 1 aliphatic rings. The lowest BCUT2D eigenvalue weighted by Crippen LogP contribution is -2.40. The maximum atomic E-state index is 12.5. The van der Waals surface area contributed by atoms with Crippen LogP contribution < -0.4 is 5.32 Å². The van der Waals surface area contributed by atoms with Crippen LogP contribution in [0.1, 0.15) is 46.0 Å². The first-order chi connectivity index (χ1) is 8.97. The Morgan fingerprint density at radius 2 is 1.68 bits per heavy atom. The summed E-state index contributed by atoms with van der Waals surface area (Å²) >= 11 is 0. The van der Waals surface area contributed by atoms with Crippen LogP contribution in [-0.2, 0) is 0 Å². The van der Waals surface area contributed by atoms with Crippen LogP contribution in [-0.4, -0.2) is 43.3 Å². The molecule has 19 heavy (non-hydrogen) atoms. The molecule has 1 rings (SSSR count). The molecule has 0 aromatic carbocycles. The zero-order valence-electron chi connectivity index (χ0n) is 12.1. The zero-order valence-corrected chi connectivity index (χ0v) is 12.1. The molecule has 0 aromatic rings. The summed E-state index contributed by atoms with van der Waals surface area (Å²) in [4.78, 5) is 2.37. The normalized spacial score (nSPS) is 24.9. The Labute approximate surface area is 114 Å². The van der Waals surface area contributed by atoms with E-state index in [4.69, 9.17) is 0 Å². The average molecular weight is 280 g/mol. The molecule has 0 aromatic heterocycles. The number of hydrogen-bond acceptors (Lipinski definition) is 2. The predicted molar refractivity (Wildman–Crippen MR) is 72.2 cm³/mol. The van der Waals surface area contributed by atoms with Gasteiger partial charge >= 0.3 is 6.18 Å². The highest BCUT2D eigenvalue weighted by molar-refractivity contribution is 4.80. The van der Waals surface area contributed by atoms with Crippen molar-refractivity contribution in [3.8, 4) is 0 Å². The molecule has 114 valence electrons. The summed E-state index contributed by atoms with van der Waals surface area (Å²) in [7, 11) is 0. The number of likely N-dealkylation sites (N-methyl/N-ethyl adjacent to an activating group) is 1. The van der Waals surface area contributed by atoms with Crippen molar-refractivity contribution in [1.82, 2.24) is 10.2 Å². The van der Waals surface area contributed by atoms with E-state index in [2.05, 4.69) is 24.1 Å². The van der Waals surface area contributed by atoms with Gasteiger partial charge in [0.05, 0.1) is 5.92 Å². The smallest absolute Gasteiger partial charge is 0.313 e. The Kier molecular flexibility index (Phi) is 7.15. The number of nitrogens with one attached hydrogen (secondary N) is 1. The van der Waals surface area contributed by atoms with Gasteiger partial charge in [0.15, 0.2) is 0 Å². The lowest BCUT2D eigenvalue weighted by Gasteiger charge is -2.31. The second-order valence-electron chi connectivity index (χ2n) is 5.48. The first kappa shape index (κ1) is 16.8. The second-order valence-corrected chi connectivity index (χ2v) is 5.48. The number of halogens is 3. The number of rotatable bonds is 7. The van der Waals surface area contributed by atoms with E-state index in [1.807, 2.05) is 0 Å². The van der Waals surface area contributed by atoms with Crippen molar-refractivity contribution < 1.29 is 13.2 Å². The summed E-state index contributed by atoms with van der Waals surface area (Å²) in [6.45, 7) is 8.31. The molecule has 0 spiro atoms. The molecule has 2 nitrogen and oxygen atoms in total. The molecule has 0 heterocycles. The van der Waals surface area contributed by atoms with E-state index in [-0.39, 0.29) is 18.9 Å². The summed E-state index contributed by atoms with van der Waals surface area (Å²) < 4.78 is 37.6. The summed E-state index contributed by atoms with van der Waals surface area (Å²) in [5.41, 5.74) is 0. The monoisotopic (exact) mass is 280 g/mol. The van der Waals surface area contributed by atoms with Crippen molar-refractivity contribution in [2.24, 2.45) is 5.92 Å². The zero-order chi connectivity index (χ0) is 14.3. The van der Waals surface area contributed by atoms with Crippen molar-refractivity contribution in [3.05, 3.63) is 0 Å². The molecule has 0 unspecified atom stereocenters. The first-order valence-electron chi connectivity index (χ1n) is 7.49. The largest absolute Gasteiger partial charge is 0.391 e. The Balaban J connectivity index is 2.16. The highest BCUT2D eigenvalue weighted by atomic mass is 19.4. The highest BCUT2D eigenvalue weighted by Gasteiger charge is 2.41. The number of nitrogens with zero attached hydrogens (tertiary/aromatic N) is 1. The fourth-order valence-electron chi connectivity index (χ4n) is 2.80. The van der Waals surface area contributed by atoms with Crippen LogP contribution in [0.3, 0.4) is 0 Å². The van der Waals surface area contributed by atoms with Gasteiger partial charge in [-0.25, -0.2) is 0 Å². The van der Waals surface area contributed by atoms with Crippen LogP contribution in [0, 0.1) is 5.92 Å². The Hall–Kier alpha value is -0.290. The van der Waals surface area contributed by atoms with Crippen LogP contribution in [0.5, 0.6) is 0 Å². The van der Waals surface area contributed by atoms with Crippen LogP contribution in [0.15, 0.2) is 0 Å². The maximum absolute atomic E-state index is 12.5. The van der Waals surface area contributed by atoms with Gasteiger partial charge in [-0.1, -0.05) is 13.8 Å². The summed E-state index contributed by atoms with van der Waals surface area (Å²) in [5.74, 6) is -1.07. The van der Waals surface area contributed by atoms with E-state index in [0.29, 0.717) is 12.8 Å². The minimum atomic E-state index is -3.99. The molecule has 1 saturated carbocycles. The van der Waals surface area contributed by atoms with E-state index in [1.165, 1.54) is 0 Å². The molecule has 1 N–H and O–H groups in total. The predicted octanol–water partition coefficient (Wildman–Crippen LogP) is 3.43. The summed E-state index contributed by atoms with van der Waals surface area (Å²) in [6, 6.07) is 0.277. The molecule has 0 atom stereocenters. The van der Waals surface area contributed by atoms with E-state index < -0.39 is 12.1 Å². The lowest BCUT2D eigenvalue weighted by atomic mass is 9.85. The Morgan fingerprint density at radius 3 is 2.16 bits per heavy atom. The molecule has 5 heteroatoms. The van der Waals surface area contributed by atoms with Gasteiger partial charge in [0, 0.05) is 19.1 Å². The molecular weight excluding hydrogens is 253 g/mol. The van der Waals surface area contributed by atoms with Crippen LogP contribution in [0.4, 0.5) is 13.2 Å². The topological polar surface area (TPSA) is 15.3 Å². The van der Waals surface area contributed by atoms with Crippen molar-refractivity contribution in [3.63, 3.8) is 0 Å². The Morgan fingerprint density at radius 1 is 1.05 bits per heavy atom. The third kappa shape index (κ3) is 6.13. The highest BCUT2D eigenvalue weighted by Crippen LogP contribution is 2.37. The van der Waals surface area contributed by atoms with Crippen LogP contribution >= 0.6 is 0 Å². The van der Waals surface area contributed by atoms with Gasteiger partial charge in [-0.2, -0.15) is 13.2 Å². The second kappa shape index (κ2) is 8.10. The molecular formula is C14H27F3N2.